The molecule has 0 saturated heterocycles. The van der Waals surface area contributed by atoms with Crippen molar-refractivity contribution in [3.8, 4) is 23.0 Å². The Hall–Kier alpha value is -5.72. The smallest absolute Gasteiger partial charge is 0.340 e. The Morgan fingerprint density at radius 1 is 0.902 bits per heavy atom. The molecule has 41 heavy (non-hydrogen) atoms. The van der Waals surface area contributed by atoms with E-state index in [1.807, 2.05) is 0 Å². The molecule has 0 bridgehead atoms. The first-order valence-corrected chi connectivity index (χ1v) is 11.8. The van der Waals surface area contributed by atoms with E-state index in [1.54, 1.807) is 0 Å². The lowest BCUT2D eigenvalue weighted by Gasteiger charge is -2.25. The van der Waals surface area contributed by atoms with Gasteiger partial charge < -0.3 is 34.7 Å². The highest BCUT2D eigenvalue weighted by Crippen LogP contribution is 2.42. The Bertz CT molecular complexity index is 1980. The molecule has 0 fully saturated rings. The molecule has 1 aliphatic rings. The maximum absolute atomic E-state index is 13.8. The average Bonchev–Trinajstić information content (AvgIpc) is 2.88. The molecule has 13 nitrogen and oxygen atoms in total. The van der Waals surface area contributed by atoms with Gasteiger partial charge in [-0.15, -0.1) is 0 Å². The van der Waals surface area contributed by atoms with E-state index in [-0.39, 0.29) is 39.0 Å². The van der Waals surface area contributed by atoms with Crippen molar-refractivity contribution in [2.75, 3.05) is 6.61 Å². The summed E-state index contributed by atoms with van der Waals surface area (Å²) in [7, 11) is 0. The van der Waals surface area contributed by atoms with Crippen molar-refractivity contribution in [3.63, 3.8) is 0 Å². The lowest BCUT2D eigenvalue weighted by molar-refractivity contribution is 0.0657. The Morgan fingerprint density at radius 3 is 2.20 bits per heavy atom. The molecule has 0 aliphatic carbocycles. The SMILES string of the molecule is CC(=O)c1c(C)c(C(=O)C2COc3cc(O)c(O)c(C(=O)O)c3C2=O)cc2c(=O)c3c(C(=O)O)cc(O)cc3oc12. The van der Waals surface area contributed by atoms with Gasteiger partial charge in [0.05, 0.1) is 27.5 Å². The third kappa shape index (κ3) is 3.93. The summed E-state index contributed by atoms with van der Waals surface area (Å²) in [5, 5.41) is 48.2. The van der Waals surface area contributed by atoms with Crippen molar-refractivity contribution in [1.82, 2.24) is 0 Å². The van der Waals surface area contributed by atoms with Gasteiger partial charge in [-0.05, 0) is 31.5 Å². The molecule has 3 aromatic carbocycles. The molecule has 208 valence electrons. The van der Waals surface area contributed by atoms with Gasteiger partial charge in [-0.25, -0.2) is 9.59 Å². The second kappa shape index (κ2) is 9.19. The molecular weight excluding hydrogens is 544 g/mol. The number of carboxylic acid groups (broad SMARTS) is 2. The van der Waals surface area contributed by atoms with E-state index in [2.05, 4.69) is 0 Å². The molecule has 1 atom stereocenters. The van der Waals surface area contributed by atoms with Gasteiger partial charge in [0.1, 0.15) is 40.8 Å². The van der Waals surface area contributed by atoms with E-state index in [4.69, 9.17) is 9.15 Å². The standard InChI is InChI=1S/C28H18O13/c1-8-11(22(32)14-7-40-16-6-15(31)25(35)21(28(38)39)20(16)24(14)34)5-13-23(33)19-12(27(36)37)3-10(30)4-17(19)41-26(13)18(8)9(2)29/h3-6,14,30-31,35H,7H2,1-2H3,(H,36,37)(H,38,39). The van der Waals surface area contributed by atoms with Crippen LogP contribution in [0.3, 0.4) is 0 Å². The number of benzene rings is 3. The van der Waals surface area contributed by atoms with Crippen molar-refractivity contribution in [1.29, 1.82) is 0 Å². The van der Waals surface area contributed by atoms with Crippen LogP contribution in [0.5, 0.6) is 23.0 Å². The molecule has 1 aliphatic heterocycles. The van der Waals surface area contributed by atoms with Crippen LogP contribution in [0.4, 0.5) is 0 Å². The first-order chi connectivity index (χ1) is 19.2. The van der Waals surface area contributed by atoms with Crippen LogP contribution in [0.15, 0.2) is 33.5 Å². The van der Waals surface area contributed by atoms with Crippen LogP contribution in [0.2, 0.25) is 0 Å². The molecule has 5 N–H and O–H groups in total. The van der Waals surface area contributed by atoms with Gasteiger partial charge in [0.25, 0.3) is 0 Å². The van der Waals surface area contributed by atoms with Gasteiger partial charge in [0, 0.05) is 17.7 Å². The first kappa shape index (κ1) is 26.9. The zero-order valence-corrected chi connectivity index (χ0v) is 21.1. The molecule has 0 amide bonds. The average molecular weight is 562 g/mol. The summed E-state index contributed by atoms with van der Waals surface area (Å²) >= 11 is 0. The minimum absolute atomic E-state index is 0.00159. The molecule has 2 heterocycles. The number of fused-ring (bicyclic) bond motifs is 3. The fraction of sp³-hybridized carbons (Fsp3) is 0.143. The van der Waals surface area contributed by atoms with E-state index in [0.29, 0.717) is 0 Å². The van der Waals surface area contributed by atoms with E-state index in [1.165, 1.54) is 6.92 Å². The van der Waals surface area contributed by atoms with Crippen LogP contribution in [-0.4, -0.2) is 61.4 Å². The number of carbonyl (C=O) groups excluding carboxylic acids is 3. The molecule has 4 aromatic rings. The Kier molecular flexibility index (Phi) is 6.02. The molecule has 0 spiro atoms. The minimum atomic E-state index is -1.77. The molecule has 0 radical (unpaired) electrons. The van der Waals surface area contributed by atoms with Crippen LogP contribution in [-0.2, 0) is 0 Å². The first-order valence-electron chi connectivity index (χ1n) is 11.8. The fourth-order valence-electron chi connectivity index (χ4n) is 5.05. The molecule has 1 aromatic heterocycles. The number of aromatic hydroxyl groups is 3. The topological polar surface area (TPSA) is 226 Å². The molecule has 0 saturated carbocycles. The summed E-state index contributed by atoms with van der Waals surface area (Å²) in [5.41, 5.74) is -4.27. The van der Waals surface area contributed by atoms with Gasteiger partial charge in [0.2, 0.25) is 5.43 Å². The highest BCUT2D eigenvalue weighted by molar-refractivity contribution is 6.23. The quantitative estimate of drug-likeness (QED) is 0.102. The van der Waals surface area contributed by atoms with Crippen molar-refractivity contribution >= 4 is 51.2 Å². The van der Waals surface area contributed by atoms with Crippen molar-refractivity contribution in [3.05, 3.63) is 67.9 Å². The van der Waals surface area contributed by atoms with Crippen molar-refractivity contribution < 1.29 is 58.7 Å². The summed E-state index contributed by atoms with van der Waals surface area (Å²) < 4.78 is 11.1. The van der Waals surface area contributed by atoms with Crippen molar-refractivity contribution in [2.45, 2.75) is 13.8 Å². The number of ketones is 3. The number of phenolic OH excluding ortho intramolecular Hbond substituents is 2. The van der Waals surface area contributed by atoms with Crippen LogP contribution in [0.25, 0.3) is 21.9 Å². The lowest BCUT2D eigenvalue weighted by atomic mass is 9.83. The molecule has 5 rings (SSSR count). The minimum Gasteiger partial charge on any atom is -0.508 e. The zero-order valence-electron chi connectivity index (χ0n) is 21.1. The predicted molar refractivity (Wildman–Crippen MR) is 138 cm³/mol. The summed E-state index contributed by atoms with van der Waals surface area (Å²) in [4.78, 5) is 77.0. The highest BCUT2D eigenvalue weighted by Gasteiger charge is 2.41. The number of ether oxygens (including phenoxy) is 1. The van der Waals surface area contributed by atoms with Gasteiger partial charge in [-0.3, -0.25) is 19.2 Å². The molecular formula is C28H18O13. The summed E-state index contributed by atoms with van der Waals surface area (Å²) in [5.74, 6) is -10.5. The second-order valence-electron chi connectivity index (χ2n) is 9.35. The zero-order chi connectivity index (χ0) is 30.1. The van der Waals surface area contributed by atoms with Crippen LogP contribution in [0.1, 0.15) is 64.3 Å². The molecule has 13 heteroatoms. The Balaban J connectivity index is 1.77. The Morgan fingerprint density at radius 2 is 1.59 bits per heavy atom. The lowest BCUT2D eigenvalue weighted by Crippen LogP contribution is -2.36. The van der Waals surface area contributed by atoms with Gasteiger partial charge >= 0.3 is 11.9 Å². The monoisotopic (exact) mass is 562 g/mol. The highest BCUT2D eigenvalue weighted by atomic mass is 16.5. The van der Waals surface area contributed by atoms with E-state index < -0.39 is 86.6 Å². The fourth-order valence-corrected chi connectivity index (χ4v) is 5.05. The Labute approximate surface area is 227 Å². The van der Waals surface area contributed by atoms with Crippen LogP contribution in [0, 0.1) is 12.8 Å². The number of Topliss-reactive ketones (excluding diaryl/α,β-unsaturated/α-hetero) is 3. The number of rotatable bonds is 5. The summed E-state index contributed by atoms with van der Waals surface area (Å²) in [6.07, 6.45) is 0. The number of phenols is 3. The predicted octanol–water partition coefficient (Wildman–Crippen LogP) is 3.04. The normalized spacial score (nSPS) is 14.5. The largest absolute Gasteiger partial charge is 0.508 e. The second-order valence-corrected chi connectivity index (χ2v) is 9.35. The van der Waals surface area contributed by atoms with E-state index in [9.17, 15) is 54.3 Å². The third-order valence-corrected chi connectivity index (χ3v) is 6.90. The van der Waals surface area contributed by atoms with Crippen molar-refractivity contribution in [2.24, 2.45) is 5.92 Å². The molecule has 1 unspecified atom stereocenters. The number of aromatic carboxylic acids is 2. The van der Waals surface area contributed by atoms with Gasteiger partial charge in [-0.1, -0.05) is 0 Å². The number of hydrogen-bond acceptors (Lipinski definition) is 11. The number of hydrogen-bond donors (Lipinski definition) is 5. The van der Waals surface area contributed by atoms with Gasteiger partial charge in [0.15, 0.2) is 28.8 Å². The summed E-state index contributed by atoms with van der Waals surface area (Å²) in [6.45, 7) is 1.88. The summed E-state index contributed by atoms with van der Waals surface area (Å²) in [6, 6.07) is 3.71. The number of carboxylic acids is 2. The van der Waals surface area contributed by atoms with Crippen LogP contribution >= 0.6 is 0 Å². The number of carbonyl (C=O) groups is 5. The van der Waals surface area contributed by atoms with E-state index in [0.717, 1.165) is 31.2 Å². The van der Waals surface area contributed by atoms with E-state index >= 15 is 0 Å². The van der Waals surface area contributed by atoms with Gasteiger partial charge in [-0.2, -0.15) is 0 Å². The van der Waals surface area contributed by atoms with Crippen LogP contribution < -0.4 is 10.2 Å². The maximum atomic E-state index is 13.8. The maximum Gasteiger partial charge on any atom is 0.340 e. The third-order valence-electron chi connectivity index (χ3n) is 6.90.